The number of nitrogens with one attached hydrogen (secondary N) is 2. The van der Waals surface area contributed by atoms with E-state index in [0.717, 1.165) is 23.3 Å². The molecule has 130 valence electrons. The number of nitrogens with zero attached hydrogens (tertiary/aromatic N) is 1. The molecule has 0 bridgehead atoms. The summed E-state index contributed by atoms with van der Waals surface area (Å²) >= 11 is 0. The number of amides is 2. The molecule has 1 aliphatic rings. The second kappa shape index (κ2) is 8.58. The van der Waals surface area contributed by atoms with Crippen LogP contribution in [0.4, 0.5) is 0 Å². The van der Waals surface area contributed by atoms with Gasteiger partial charge in [0.1, 0.15) is 6.04 Å². The fourth-order valence-electron chi connectivity index (χ4n) is 1.70. The van der Waals surface area contributed by atoms with Crippen LogP contribution < -0.4 is 16.8 Å². The number of imide groups is 1. The van der Waals surface area contributed by atoms with Gasteiger partial charge in [-0.25, -0.2) is 14.5 Å². The Bertz CT molecular complexity index is 607. The summed E-state index contributed by atoms with van der Waals surface area (Å²) in [5, 5.41) is 9.51. The van der Waals surface area contributed by atoms with Crippen molar-refractivity contribution < 1.29 is 23.9 Å². The fourth-order valence-corrected chi connectivity index (χ4v) is 1.70. The average molecular weight is 337 g/mol. The Hall–Kier alpha value is -3.01. The fraction of sp³-hybridized carbons (Fsp3) is 0.357. The first-order valence-corrected chi connectivity index (χ1v) is 7.05. The maximum Gasteiger partial charge on any atom is 0.342 e. The van der Waals surface area contributed by atoms with E-state index in [-0.39, 0.29) is 18.0 Å². The number of hydrogen-bond donors (Lipinski definition) is 4. The zero-order valence-electron chi connectivity index (χ0n) is 13.1. The van der Waals surface area contributed by atoms with Gasteiger partial charge in [0.25, 0.3) is 11.8 Å². The van der Waals surface area contributed by atoms with E-state index >= 15 is 0 Å². The molecule has 0 aliphatic carbocycles. The van der Waals surface area contributed by atoms with Crippen LogP contribution in [-0.4, -0.2) is 47.2 Å². The maximum absolute atomic E-state index is 11.8. The number of rotatable bonds is 7. The molecule has 0 spiro atoms. The maximum atomic E-state index is 11.8. The van der Waals surface area contributed by atoms with Crippen molar-refractivity contribution in [2.75, 3.05) is 6.54 Å². The van der Waals surface area contributed by atoms with Crippen LogP contribution in [0.2, 0.25) is 0 Å². The molecule has 10 heteroatoms. The van der Waals surface area contributed by atoms with E-state index < -0.39 is 29.8 Å². The summed E-state index contributed by atoms with van der Waals surface area (Å²) < 4.78 is 4.60. The summed E-state index contributed by atoms with van der Waals surface area (Å²) in [5.41, 5.74) is 10.6. The van der Waals surface area contributed by atoms with Crippen molar-refractivity contribution in [3.63, 3.8) is 0 Å². The Morgan fingerprint density at radius 1 is 1.38 bits per heavy atom. The Morgan fingerprint density at radius 3 is 2.50 bits per heavy atom. The minimum atomic E-state index is -1.02. The Labute approximate surface area is 138 Å². The van der Waals surface area contributed by atoms with Crippen LogP contribution >= 0.6 is 0 Å². The Morgan fingerprint density at radius 2 is 1.96 bits per heavy atom. The highest BCUT2D eigenvalue weighted by molar-refractivity contribution is 6.14. The third-order valence-corrected chi connectivity index (χ3v) is 2.99. The van der Waals surface area contributed by atoms with Crippen molar-refractivity contribution in [1.82, 2.24) is 10.2 Å². The topological polar surface area (TPSA) is 169 Å². The molecule has 0 unspecified atom stereocenters. The SMILES string of the molecule is CC(=CN1C(=O)C=CC1=O)C(=O)OC(=O)[C@@H](N)CCCNC(=N)N. The van der Waals surface area contributed by atoms with Gasteiger partial charge in [-0.15, -0.1) is 0 Å². The second-order valence-corrected chi connectivity index (χ2v) is 4.99. The highest BCUT2D eigenvalue weighted by Gasteiger charge is 2.24. The smallest absolute Gasteiger partial charge is 0.342 e. The number of nitrogens with two attached hydrogens (primary N) is 2. The second-order valence-electron chi connectivity index (χ2n) is 4.99. The lowest BCUT2D eigenvalue weighted by molar-refractivity contribution is -0.158. The normalized spacial score (nSPS) is 15.4. The summed E-state index contributed by atoms with van der Waals surface area (Å²) in [6.45, 7) is 1.66. The van der Waals surface area contributed by atoms with E-state index in [0.29, 0.717) is 13.0 Å². The molecule has 1 heterocycles. The number of guanidine groups is 1. The van der Waals surface area contributed by atoms with Crippen molar-refractivity contribution in [1.29, 1.82) is 5.41 Å². The average Bonchev–Trinajstić information content (AvgIpc) is 2.82. The lowest BCUT2D eigenvalue weighted by atomic mass is 10.1. The van der Waals surface area contributed by atoms with Gasteiger partial charge in [0.05, 0.1) is 5.57 Å². The van der Waals surface area contributed by atoms with Crippen LogP contribution in [0, 0.1) is 5.41 Å². The molecule has 10 nitrogen and oxygen atoms in total. The molecule has 0 aromatic rings. The molecule has 1 atom stereocenters. The lowest BCUT2D eigenvalue weighted by Gasteiger charge is -2.12. The highest BCUT2D eigenvalue weighted by Crippen LogP contribution is 2.08. The molecule has 1 aliphatic heterocycles. The van der Waals surface area contributed by atoms with Crippen LogP contribution in [0.25, 0.3) is 0 Å². The van der Waals surface area contributed by atoms with Gasteiger partial charge in [-0.3, -0.25) is 15.0 Å². The Kier molecular flexibility index (Phi) is 6.80. The van der Waals surface area contributed by atoms with E-state index in [4.69, 9.17) is 16.9 Å². The van der Waals surface area contributed by atoms with E-state index in [1.165, 1.54) is 6.92 Å². The van der Waals surface area contributed by atoms with Gasteiger partial charge in [0, 0.05) is 24.9 Å². The number of hydrogen-bond acceptors (Lipinski definition) is 7. The number of carbonyl (C=O) groups is 4. The first kappa shape index (κ1) is 19.0. The van der Waals surface area contributed by atoms with Crippen molar-refractivity contribution in [2.45, 2.75) is 25.8 Å². The van der Waals surface area contributed by atoms with Gasteiger partial charge in [-0.2, -0.15) is 0 Å². The van der Waals surface area contributed by atoms with E-state index in [1.54, 1.807) is 0 Å². The standard InChI is InChI=1S/C14H19N5O5/c1-8(7-19-10(20)4-5-11(19)21)12(22)24-13(23)9(15)3-2-6-18-14(16)17/h4-5,7,9H,2-3,6,15H2,1H3,(H4,16,17,18)/t9-/m0/s1. The highest BCUT2D eigenvalue weighted by atomic mass is 16.6. The van der Waals surface area contributed by atoms with Crippen LogP contribution in [0.1, 0.15) is 19.8 Å². The summed E-state index contributed by atoms with van der Waals surface area (Å²) in [6, 6.07) is -1.02. The largest absolute Gasteiger partial charge is 0.388 e. The number of carbonyl (C=O) groups excluding carboxylic acids is 4. The quantitative estimate of drug-likeness (QED) is 0.0825. The monoisotopic (exact) mass is 337 g/mol. The molecular formula is C14H19N5O5. The summed E-state index contributed by atoms with van der Waals surface area (Å²) in [7, 11) is 0. The lowest BCUT2D eigenvalue weighted by Crippen LogP contribution is -2.36. The van der Waals surface area contributed by atoms with E-state index in [2.05, 4.69) is 10.1 Å². The molecule has 0 radical (unpaired) electrons. The number of ether oxygens (including phenoxy) is 1. The van der Waals surface area contributed by atoms with Gasteiger partial charge >= 0.3 is 11.9 Å². The third-order valence-electron chi connectivity index (χ3n) is 2.99. The zero-order valence-corrected chi connectivity index (χ0v) is 13.1. The van der Waals surface area contributed by atoms with Crippen molar-refractivity contribution in [3.05, 3.63) is 23.9 Å². The predicted molar refractivity (Wildman–Crippen MR) is 83.0 cm³/mol. The molecule has 0 aromatic heterocycles. The van der Waals surface area contributed by atoms with Crippen LogP contribution in [0.3, 0.4) is 0 Å². The van der Waals surface area contributed by atoms with Gasteiger partial charge in [0.15, 0.2) is 5.96 Å². The van der Waals surface area contributed by atoms with Crippen LogP contribution in [0.15, 0.2) is 23.9 Å². The zero-order chi connectivity index (χ0) is 18.3. The van der Waals surface area contributed by atoms with Crippen molar-refractivity contribution >= 4 is 29.7 Å². The van der Waals surface area contributed by atoms with E-state index in [9.17, 15) is 19.2 Å². The summed E-state index contributed by atoms with van der Waals surface area (Å²) in [5.74, 6) is -3.29. The van der Waals surface area contributed by atoms with Gasteiger partial charge in [-0.1, -0.05) is 0 Å². The Balaban J connectivity index is 2.48. The van der Waals surface area contributed by atoms with Gasteiger partial charge < -0.3 is 21.5 Å². The minimum absolute atomic E-state index is 0.0980. The molecule has 0 aromatic carbocycles. The molecular weight excluding hydrogens is 318 g/mol. The van der Waals surface area contributed by atoms with E-state index in [1.807, 2.05) is 0 Å². The third kappa shape index (κ3) is 5.65. The molecule has 0 fully saturated rings. The minimum Gasteiger partial charge on any atom is -0.388 e. The van der Waals surface area contributed by atoms with Gasteiger partial charge in [-0.05, 0) is 19.8 Å². The molecule has 6 N–H and O–H groups in total. The number of esters is 2. The van der Waals surface area contributed by atoms with Gasteiger partial charge in [0.2, 0.25) is 0 Å². The molecule has 1 rings (SSSR count). The first-order chi connectivity index (χ1) is 11.2. The van der Waals surface area contributed by atoms with Crippen molar-refractivity contribution in [3.8, 4) is 0 Å². The molecule has 0 saturated heterocycles. The summed E-state index contributed by atoms with van der Waals surface area (Å²) in [4.78, 5) is 47.0. The van der Waals surface area contributed by atoms with Crippen LogP contribution in [-0.2, 0) is 23.9 Å². The molecule has 2 amide bonds. The summed E-state index contributed by atoms with van der Waals surface area (Å²) in [6.07, 6.45) is 3.80. The predicted octanol–water partition coefficient (Wildman–Crippen LogP) is -1.52. The molecule has 24 heavy (non-hydrogen) atoms. The van der Waals surface area contributed by atoms with Crippen molar-refractivity contribution in [2.24, 2.45) is 11.5 Å². The van der Waals surface area contributed by atoms with Crippen LogP contribution in [0.5, 0.6) is 0 Å². The molecule has 0 saturated carbocycles. The first-order valence-electron chi connectivity index (χ1n) is 7.05.